The van der Waals surface area contributed by atoms with Gasteiger partial charge in [-0.3, -0.25) is 9.12 Å². The molecule has 1 aromatic carbocycles. The number of nitrogens with one attached hydrogen (secondary N) is 1. The molecule has 3 heterocycles. The molecule has 3 aromatic heterocycles. The number of pyridine rings is 2. The average molecular weight is 524 g/mol. The molecule has 192 valence electrons. The van der Waals surface area contributed by atoms with Gasteiger partial charge in [-0.1, -0.05) is 12.0 Å². The number of rotatable bonds is 6. The fourth-order valence-corrected chi connectivity index (χ4v) is 4.50. The van der Waals surface area contributed by atoms with E-state index >= 15 is 0 Å². The van der Waals surface area contributed by atoms with Crippen LogP contribution in [-0.4, -0.2) is 35.5 Å². The smallest absolute Gasteiger partial charge is 0.164 e. The van der Waals surface area contributed by atoms with Crippen LogP contribution >= 0.6 is 0 Å². The highest BCUT2D eigenvalue weighted by atomic mass is 32.2. The van der Waals surface area contributed by atoms with E-state index in [-0.39, 0.29) is 6.42 Å². The van der Waals surface area contributed by atoms with Crippen molar-refractivity contribution < 1.29 is 18.1 Å². The summed E-state index contributed by atoms with van der Waals surface area (Å²) < 4.78 is 44.2. The minimum absolute atomic E-state index is 0.123. The molecular weight excluding hydrogens is 496 g/mol. The second-order valence-corrected chi connectivity index (χ2v) is 10.3. The zero-order valence-corrected chi connectivity index (χ0v) is 21.7. The highest BCUT2D eigenvalue weighted by molar-refractivity contribution is 7.85. The fraction of sp³-hybridized carbons (Fsp3) is 0.259. The van der Waals surface area contributed by atoms with Gasteiger partial charge in [-0.15, -0.1) is 0 Å². The molecule has 0 amide bonds. The number of aromatic nitrogens is 3. The SMILES string of the molecule is Cc1nc(NS(C)=O)c2cccc(-c3ccc(C#CC(C)(C)O)nc3C(N)Cc3cc(F)cc(F)c3)n12. The van der Waals surface area contributed by atoms with E-state index in [0.717, 1.165) is 11.8 Å². The molecule has 0 aliphatic rings. The normalized spacial score (nSPS) is 13.2. The first kappa shape index (κ1) is 26.4. The molecule has 0 saturated carbocycles. The number of nitrogens with zero attached hydrogens (tertiary/aromatic N) is 3. The van der Waals surface area contributed by atoms with E-state index in [1.807, 2.05) is 35.6 Å². The summed E-state index contributed by atoms with van der Waals surface area (Å²) >= 11 is 0. The molecule has 0 saturated heterocycles. The molecule has 4 aromatic rings. The van der Waals surface area contributed by atoms with Crippen molar-refractivity contribution in [2.45, 2.75) is 38.8 Å². The molecule has 4 N–H and O–H groups in total. The number of halogens is 2. The minimum atomic E-state index is -1.32. The first-order chi connectivity index (χ1) is 17.4. The van der Waals surface area contributed by atoms with Crippen LogP contribution in [0, 0.1) is 30.4 Å². The largest absolute Gasteiger partial charge is 0.378 e. The average Bonchev–Trinajstić information content (AvgIpc) is 3.11. The number of benzene rings is 1. The maximum absolute atomic E-state index is 13.8. The summed E-state index contributed by atoms with van der Waals surface area (Å²) in [6.45, 7) is 4.96. The Labute approximate surface area is 216 Å². The quantitative estimate of drug-likeness (QED) is 0.331. The summed E-state index contributed by atoms with van der Waals surface area (Å²) in [5.41, 5.74) is 8.72. The molecule has 4 rings (SSSR count). The lowest BCUT2D eigenvalue weighted by Crippen LogP contribution is -2.18. The Morgan fingerprint density at radius 3 is 2.51 bits per heavy atom. The van der Waals surface area contributed by atoms with Crippen molar-refractivity contribution in [3.8, 4) is 23.1 Å². The molecule has 0 spiro atoms. The van der Waals surface area contributed by atoms with Crippen LogP contribution in [0.15, 0.2) is 48.5 Å². The number of anilines is 1. The molecule has 0 bridgehead atoms. The lowest BCUT2D eigenvalue weighted by molar-refractivity contribution is 0.143. The molecule has 0 aliphatic heterocycles. The molecular formula is C27H27F2N5O2S. The third-order valence-electron chi connectivity index (χ3n) is 5.50. The van der Waals surface area contributed by atoms with Gasteiger partial charge in [-0.2, -0.15) is 0 Å². The second-order valence-electron chi connectivity index (χ2n) is 9.22. The number of aliphatic hydroxyl groups is 1. The van der Waals surface area contributed by atoms with E-state index in [9.17, 15) is 18.1 Å². The van der Waals surface area contributed by atoms with Gasteiger partial charge in [0.25, 0.3) is 0 Å². The minimum Gasteiger partial charge on any atom is -0.378 e. The lowest BCUT2D eigenvalue weighted by Gasteiger charge is -2.18. The maximum Gasteiger partial charge on any atom is 0.164 e. The van der Waals surface area contributed by atoms with Crippen LogP contribution in [-0.2, 0) is 17.4 Å². The van der Waals surface area contributed by atoms with Crippen LogP contribution in [0.2, 0.25) is 0 Å². The highest BCUT2D eigenvalue weighted by Gasteiger charge is 2.20. The Morgan fingerprint density at radius 2 is 1.86 bits per heavy atom. The molecule has 37 heavy (non-hydrogen) atoms. The number of aryl methyl sites for hydroxylation is 1. The van der Waals surface area contributed by atoms with Gasteiger partial charge in [0.2, 0.25) is 0 Å². The van der Waals surface area contributed by atoms with Crippen LogP contribution < -0.4 is 10.5 Å². The van der Waals surface area contributed by atoms with Gasteiger partial charge < -0.3 is 10.8 Å². The monoisotopic (exact) mass is 523 g/mol. The van der Waals surface area contributed by atoms with Gasteiger partial charge >= 0.3 is 0 Å². The number of hydrogen-bond donors (Lipinski definition) is 3. The second kappa shape index (κ2) is 10.4. The van der Waals surface area contributed by atoms with Crippen molar-refractivity contribution in [2.75, 3.05) is 11.0 Å². The predicted octanol–water partition coefficient (Wildman–Crippen LogP) is 4.05. The van der Waals surface area contributed by atoms with Gasteiger partial charge in [-0.05, 0) is 75.1 Å². The molecule has 2 atom stereocenters. The molecule has 10 heteroatoms. The van der Waals surface area contributed by atoms with Crippen molar-refractivity contribution >= 4 is 22.3 Å². The molecule has 2 unspecified atom stereocenters. The van der Waals surface area contributed by atoms with Crippen LogP contribution in [0.4, 0.5) is 14.6 Å². The van der Waals surface area contributed by atoms with Crippen molar-refractivity contribution in [2.24, 2.45) is 5.73 Å². The first-order valence-electron chi connectivity index (χ1n) is 11.5. The van der Waals surface area contributed by atoms with Crippen LogP contribution in [0.25, 0.3) is 16.8 Å². The van der Waals surface area contributed by atoms with E-state index in [4.69, 9.17) is 5.73 Å². The van der Waals surface area contributed by atoms with Crippen molar-refractivity contribution in [1.29, 1.82) is 0 Å². The Kier molecular flexibility index (Phi) is 7.41. The number of fused-ring (bicyclic) bond motifs is 1. The lowest BCUT2D eigenvalue weighted by atomic mass is 9.97. The van der Waals surface area contributed by atoms with Crippen LogP contribution in [0.5, 0.6) is 0 Å². The van der Waals surface area contributed by atoms with Gasteiger partial charge in [0.1, 0.15) is 39.7 Å². The van der Waals surface area contributed by atoms with E-state index in [1.54, 1.807) is 19.9 Å². The third-order valence-corrected chi connectivity index (χ3v) is 5.98. The van der Waals surface area contributed by atoms with Crippen molar-refractivity contribution in [1.82, 2.24) is 14.4 Å². The Bertz CT molecular complexity index is 1550. The fourth-order valence-electron chi connectivity index (χ4n) is 4.07. The molecule has 0 fully saturated rings. The zero-order chi connectivity index (χ0) is 26.9. The molecule has 0 radical (unpaired) electrons. The number of nitrogens with two attached hydrogens (primary N) is 1. The van der Waals surface area contributed by atoms with Gasteiger partial charge in [0.05, 0.1) is 22.9 Å². The highest BCUT2D eigenvalue weighted by Crippen LogP contribution is 2.32. The third kappa shape index (κ3) is 6.20. The summed E-state index contributed by atoms with van der Waals surface area (Å²) in [6, 6.07) is 11.7. The Balaban J connectivity index is 1.88. The predicted molar refractivity (Wildman–Crippen MR) is 141 cm³/mol. The maximum atomic E-state index is 13.8. The summed E-state index contributed by atoms with van der Waals surface area (Å²) in [5, 5.41) is 10.0. The van der Waals surface area contributed by atoms with Crippen LogP contribution in [0.1, 0.15) is 42.7 Å². The summed E-state index contributed by atoms with van der Waals surface area (Å²) in [7, 11) is -1.32. The van der Waals surface area contributed by atoms with Gasteiger partial charge in [0.15, 0.2) is 5.82 Å². The summed E-state index contributed by atoms with van der Waals surface area (Å²) in [5.74, 6) is 5.35. The van der Waals surface area contributed by atoms with Crippen LogP contribution in [0.3, 0.4) is 0 Å². The summed E-state index contributed by atoms with van der Waals surface area (Å²) in [4.78, 5) is 9.21. The molecule has 0 aliphatic carbocycles. The Hall–Kier alpha value is -3.65. The van der Waals surface area contributed by atoms with Crippen molar-refractivity contribution in [3.05, 3.63) is 82.9 Å². The topological polar surface area (TPSA) is 106 Å². The number of imidazole rings is 1. The Morgan fingerprint density at radius 1 is 1.16 bits per heavy atom. The summed E-state index contributed by atoms with van der Waals surface area (Å²) in [6.07, 6.45) is 1.64. The van der Waals surface area contributed by atoms with Gasteiger partial charge in [-0.25, -0.2) is 23.0 Å². The van der Waals surface area contributed by atoms with E-state index < -0.39 is 34.3 Å². The first-order valence-corrected chi connectivity index (χ1v) is 13.0. The van der Waals surface area contributed by atoms with Crippen molar-refractivity contribution in [3.63, 3.8) is 0 Å². The zero-order valence-electron chi connectivity index (χ0n) is 20.8. The number of hydrogen-bond acceptors (Lipinski definition) is 5. The standard InChI is InChI=1S/C27H27F2N5O2S/c1-16-31-26(33-37(4)36)24-7-5-6-23(34(16)24)21-9-8-20(10-11-27(2,3)35)32-25(21)22(30)14-17-12-18(28)15-19(29)13-17/h5-9,12-13,15,22,33,35H,14,30H2,1-4H3. The van der Waals surface area contributed by atoms with E-state index in [0.29, 0.717) is 39.7 Å². The van der Waals surface area contributed by atoms with E-state index in [2.05, 4.69) is 26.5 Å². The van der Waals surface area contributed by atoms with E-state index in [1.165, 1.54) is 18.4 Å². The molecule has 7 nitrogen and oxygen atoms in total. The van der Waals surface area contributed by atoms with Gasteiger partial charge in [0, 0.05) is 17.9 Å².